The highest BCUT2D eigenvalue weighted by atomic mass is 31.2. The maximum atomic E-state index is 13.1. The number of hydrogen-bond donors (Lipinski definition) is 3. The zero-order chi connectivity index (χ0) is 64.8. The molecule has 3 unspecified atom stereocenters. The number of nitrogens with zero attached hydrogens (tertiary/aromatic N) is 1. The number of allylic oxidation sites excluding steroid dienone is 19. The van der Waals surface area contributed by atoms with Crippen molar-refractivity contribution in [2.45, 2.75) is 341 Å². The first kappa shape index (κ1) is 85.9. The van der Waals surface area contributed by atoms with Gasteiger partial charge in [0.05, 0.1) is 39.9 Å². The van der Waals surface area contributed by atoms with Crippen LogP contribution in [0.4, 0.5) is 0 Å². The van der Waals surface area contributed by atoms with Crippen LogP contribution in [0.25, 0.3) is 0 Å². The fraction of sp³-hybridized carbons (Fsp3) is 0.738. The SMILES string of the molecule is CC/C=C\C/C=C\C/C=C\C/C=C\C/C=C\C/C=C\C/C=C\C/C=C\CCCCCCCCCCCCCCCCC(=O)NC(COP(=O)(O)OCC[N+](C)(C)C)C(O)/C=C/CC/C=C/CCCCCCCCCCCCCCCCCCCCCCCC. The summed E-state index contributed by atoms with van der Waals surface area (Å²) in [7, 11) is 1.55. The van der Waals surface area contributed by atoms with Crippen molar-refractivity contribution < 1.29 is 32.9 Å². The number of likely N-dealkylation sites (N-methyl/N-ethyl adjacent to an activating group) is 1. The topological polar surface area (TPSA) is 105 Å². The zero-order valence-corrected chi connectivity index (χ0v) is 59.8. The van der Waals surface area contributed by atoms with Gasteiger partial charge in [-0.05, 0) is 96.3 Å². The highest BCUT2D eigenvalue weighted by molar-refractivity contribution is 7.47. The van der Waals surface area contributed by atoms with Gasteiger partial charge in [-0.25, -0.2) is 4.57 Å². The molecule has 0 saturated carbocycles. The van der Waals surface area contributed by atoms with Crippen molar-refractivity contribution >= 4 is 13.7 Å². The lowest BCUT2D eigenvalue weighted by molar-refractivity contribution is -0.870. The van der Waals surface area contributed by atoms with E-state index in [0.717, 1.165) is 89.9 Å². The summed E-state index contributed by atoms with van der Waals surface area (Å²) in [6.07, 6.45) is 104. The van der Waals surface area contributed by atoms with E-state index in [1.165, 1.54) is 218 Å². The molecule has 0 aliphatic carbocycles. The standard InChI is InChI=1S/C80H143N2O6P/c1-6-8-10-12-14-16-18-20-22-24-26-28-30-32-34-36-37-38-39-40-41-42-43-44-45-46-48-50-52-54-56-58-60-62-64-66-68-70-72-74-80(84)81-78(77-88-89(85,86)87-76-75-82(3,4)5)79(83)73-71-69-67-65-63-61-59-57-55-53-51-49-47-35-33-31-29-27-25-23-21-19-17-15-13-11-9-7-2/h8,10,14,16,20,22,26,28,32,34,37-38,40-41,43-44,63,65,71,73,78-79,83H,6-7,9,11-13,15,17-19,21,23-25,27,29-31,33,35-36,39,42,45-62,64,66-70,72,74-77H2,1-5H3,(H-,81,84,85,86)/p+1/b10-8-,16-14-,22-20-,28-26-,34-32-,38-37-,41-40-,44-43-,65-63+,73-71+. The Balaban J connectivity index is 4.08. The van der Waals surface area contributed by atoms with Crippen LogP contribution < -0.4 is 5.32 Å². The van der Waals surface area contributed by atoms with Crippen molar-refractivity contribution in [3.63, 3.8) is 0 Å². The van der Waals surface area contributed by atoms with Crippen LogP contribution in [0, 0.1) is 0 Å². The van der Waals surface area contributed by atoms with Crippen molar-refractivity contribution in [2.75, 3.05) is 40.9 Å². The van der Waals surface area contributed by atoms with Gasteiger partial charge in [0.25, 0.3) is 0 Å². The number of phosphoric ester groups is 1. The lowest BCUT2D eigenvalue weighted by Crippen LogP contribution is -2.45. The van der Waals surface area contributed by atoms with Gasteiger partial charge in [0.2, 0.25) is 5.91 Å². The van der Waals surface area contributed by atoms with Crippen LogP contribution in [-0.4, -0.2) is 73.4 Å². The fourth-order valence-electron chi connectivity index (χ4n) is 10.7. The molecule has 0 spiro atoms. The first-order valence-corrected chi connectivity index (χ1v) is 38.9. The van der Waals surface area contributed by atoms with Gasteiger partial charge in [-0.3, -0.25) is 13.8 Å². The Morgan fingerprint density at radius 2 is 0.685 bits per heavy atom. The normalized spacial score (nSPS) is 14.3. The van der Waals surface area contributed by atoms with E-state index in [-0.39, 0.29) is 19.1 Å². The van der Waals surface area contributed by atoms with Gasteiger partial charge in [0.1, 0.15) is 13.2 Å². The quantitative estimate of drug-likeness (QED) is 0.0243. The molecule has 3 atom stereocenters. The largest absolute Gasteiger partial charge is 0.472 e. The molecule has 0 aromatic heterocycles. The van der Waals surface area contributed by atoms with E-state index in [2.05, 4.69) is 129 Å². The predicted octanol–water partition coefficient (Wildman–Crippen LogP) is 24.4. The monoisotopic (exact) mass is 1260 g/mol. The summed E-state index contributed by atoms with van der Waals surface area (Å²) in [4.78, 5) is 23.5. The molecule has 0 rings (SSSR count). The molecule has 0 radical (unpaired) electrons. The van der Waals surface area contributed by atoms with E-state index in [1.54, 1.807) is 6.08 Å². The van der Waals surface area contributed by atoms with E-state index < -0.39 is 20.0 Å². The molecule has 0 saturated heterocycles. The van der Waals surface area contributed by atoms with Crippen LogP contribution in [-0.2, 0) is 18.4 Å². The fourth-order valence-corrected chi connectivity index (χ4v) is 11.4. The zero-order valence-electron chi connectivity index (χ0n) is 58.9. The number of nitrogens with one attached hydrogen (secondary N) is 1. The molecule has 0 aliphatic rings. The van der Waals surface area contributed by atoms with Crippen molar-refractivity contribution in [3.8, 4) is 0 Å². The Morgan fingerprint density at radius 3 is 1.03 bits per heavy atom. The molecule has 0 heterocycles. The van der Waals surface area contributed by atoms with E-state index in [9.17, 15) is 19.4 Å². The Hall–Kier alpha value is -3.10. The number of aliphatic hydroxyl groups excluding tert-OH is 1. The van der Waals surface area contributed by atoms with Crippen molar-refractivity contribution in [1.29, 1.82) is 0 Å². The van der Waals surface area contributed by atoms with E-state index in [0.29, 0.717) is 17.4 Å². The molecule has 8 nitrogen and oxygen atoms in total. The molecule has 0 fully saturated rings. The number of unbranched alkanes of at least 4 members (excludes halogenated alkanes) is 37. The number of hydrogen-bond acceptors (Lipinski definition) is 5. The first-order chi connectivity index (χ1) is 43.5. The molecule has 89 heavy (non-hydrogen) atoms. The van der Waals surface area contributed by atoms with E-state index >= 15 is 0 Å². The Kier molecular flexibility index (Phi) is 66.8. The molecule has 514 valence electrons. The summed E-state index contributed by atoms with van der Waals surface area (Å²) in [6, 6.07) is -0.872. The van der Waals surface area contributed by atoms with Gasteiger partial charge in [-0.2, -0.15) is 0 Å². The van der Waals surface area contributed by atoms with Crippen molar-refractivity contribution in [3.05, 3.63) is 122 Å². The van der Waals surface area contributed by atoms with Gasteiger partial charge in [-0.15, -0.1) is 0 Å². The van der Waals surface area contributed by atoms with Gasteiger partial charge < -0.3 is 19.8 Å². The summed E-state index contributed by atoms with van der Waals surface area (Å²) in [6.45, 7) is 4.71. The van der Waals surface area contributed by atoms with Gasteiger partial charge >= 0.3 is 7.82 Å². The maximum Gasteiger partial charge on any atom is 0.472 e. The Morgan fingerprint density at radius 1 is 0.393 bits per heavy atom. The van der Waals surface area contributed by atoms with Crippen molar-refractivity contribution in [2.24, 2.45) is 0 Å². The first-order valence-electron chi connectivity index (χ1n) is 37.4. The third kappa shape index (κ3) is 72.2. The minimum atomic E-state index is -4.37. The molecular weight excluding hydrogens is 1120 g/mol. The molecular formula is C80H144N2O6P+. The Labute approximate surface area is 552 Å². The van der Waals surface area contributed by atoms with Crippen molar-refractivity contribution in [1.82, 2.24) is 5.32 Å². The summed E-state index contributed by atoms with van der Waals surface area (Å²) in [5, 5.41) is 14.0. The summed E-state index contributed by atoms with van der Waals surface area (Å²) in [5.41, 5.74) is 0. The predicted molar refractivity (Wildman–Crippen MR) is 392 cm³/mol. The lowest BCUT2D eigenvalue weighted by Gasteiger charge is -2.25. The summed E-state index contributed by atoms with van der Waals surface area (Å²) < 4.78 is 23.8. The highest BCUT2D eigenvalue weighted by Gasteiger charge is 2.28. The minimum Gasteiger partial charge on any atom is -0.387 e. The second-order valence-corrected chi connectivity index (χ2v) is 27.7. The number of phosphoric acid groups is 1. The third-order valence-electron chi connectivity index (χ3n) is 16.4. The molecule has 0 aromatic carbocycles. The van der Waals surface area contributed by atoms with E-state index in [4.69, 9.17) is 9.05 Å². The number of carbonyl (C=O) groups excluding carboxylic acids is 1. The minimum absolute atomic E-state index is 0.0523. The summed E-state index contributed by atoms with van der Waals surface area (Å²) in [5.74, 6) is -0.188. The number of carbonyl (C=O) groups is 1. The van der Waals surface area contributed by atoms with E-state index in [1.807, 2.05) is 27.2 Å². The second-order valence-electron chi connectivity index (χ2n) is 26.3. The highest BCUT2D eigenvalue weighted by Crippen LogP contribution is 2.43. The Bertz CT molecular complexity index is 1870. The number of aliphatic hydroxyl groups is 1. The van der Waals surface area contributed by atoms with Crippen LogP contribution in [0.15, 0.2) is 122 Å². The van der Waals surface area contributed by atoms with Crippen LogP contribution in [0.2, 0.25) is 0 Å². The lowest BCUT2D eigenvalue weighted by atomic mass is 10.0. The average Bonchev–Trinajstić information content (AvgIpc) is 3.55. The second kappa shape index (κ2) is 69.2. The maximum absolute atomic E-state index is 13.1. The smallest absolute Gasteiger partial charge is 0.387 e. The number of rotatable bonds is 68. The van der Waals surface area contributed by atoms with Crippen LogP contribution in [0.5, 0.6) is 0 Å². The molecule has 3 N–H and O–H groups in total. The van der Waals surface area contributed by atoms with Gasteiger partial charge in [-0.1, -0.05) is 347 Å². The molecule has 0 aliphatic heterocycles. The molecule has 9 heteroatoms. The summed E-state index contributed by atoms with van der Waals surface area (Å²) >= 11 is 0. The van der Waals surface area contributed by atoms with Crippen LogP contribution >= 0.6 is 7.82 Å². The van der Waals surface area contributed by atoms with Gasteiger partial charge in [0.15, 0.2) is 0 Å². The molecule has 0 aromatic rings. The third-order valence-corrected chi connectivity index (χ3v) is 17.4. The van der Waals surface area contributed by atoms with Crippen LogP contribution in [0.1, 0.15) is 328 Å². The molecule has 0 bridgehead atoms. The number of amides is 1. The number of quaternary nitrogens is 1. The van der Waals surface area contributed by atoms with Gasteiger partial charge in [0, 0.05) is 6.42 Å². The average molecular weight is 1260 g/mol. The molecule has 1 amide bonds. The van der Waals surface area contributed by atoms with Crippen LogP contribution in [0.3, 0.4) is 0 Å².